The fraction of sp³-hybridized carbons (Fsp3) is 0.312. The fourth-order valence-electron chi connectivity index (χ4n) is 4.74. The fourth-order valence-corrected chi connectivity index (χ4v) is 4.74. The summed E-state index contributed by atoms with van der Waals surface area (Å²) < 4.78 is 0. The number of unbranched alkanes of at least 4 members (excludes halogenated alkanes) is 1. The number of aliphatic imine (C=N–C) groups is 2. The van der Waals surface area contributed by atoms with Gasteiger partial charge < -0.3 is 31.1 Å². The molecule has 0 aliphatic heterocycles. The minimum absolute atomic E-state index is 0.0927. The molecule has 0 radical (unpaired) electrons. The van der Waals surface area contributed by atoms with Gasteiger partial charge in [0.25, 0.3) is 0 Å². The highest BCUT2D eigenvalue weighted by atomic mass is 16.3. The molecule has 4 rings (SSSR count). The number of rotatable bonds is 13. The zero-order valence-electron chi connectivity index (χ0n) is 23.1. The molecular weight excluding hydrogens is 504 g/mol. The van der Waals surface area contributed by atoms with E-state index in [1.165, 1.54) is 0 Å². The molecule has 0 heterocycles. The predicted molar refractivity (Wildman–Crippen MR) is 165 cm³/mol. The summed E-state index contributed by atoms with van der Waals surface area (Å²) in [5.74, 6) is 0.489. The van der Waals surface area contributed by atoms with Crippen molar-refractivity contribution in [1.82, 2.24) is 10.6 Å². The van der Waals surface area contributed by atoms with Gasteiger partial charge in [0.2, 0.25) is 0 Å². The minimum Gasteiger partial charge on any atom is -0.507 e. The van der Waals surface area contributed by atoms with Crippen molar-refractivity contribution in [2.45, 2.75) is 39.5 Å². The van der Waals surface area contributed by atoms with E-state index >= 15 is 0 Å². The standard InChI is InChI=1S/C32H38N4O4/c1-21-27(31(39)25-13-5-3-11-23(25)29(21)37)35-19-9-17-33-15-7-8-16-34-18-10-20-36-28-22(2)30(38)24-12-4-6-14-26(24)32(28)40/h3-6,11-14,19-20,33-34,37-40H,7-10,15-18H2,1-2H3. The Hall–Kier alpha value is -4.14. The van der Waals surface area contributed by atoms with E-state index in [4.69, 9.17) is 0 Å². The molecule has 0 aliphatic carbocycles. The van der Waals surface area contributed by atoms with Gasteiger partial charge in [-0.15, -0.1) is 0 Å². The molecule has 40 heavy (non-hydrogen) atoms. The summed E-state index contributed by atoms with van der Waals surface area (Å²) in [6, 6.07) is 14.4. The number of fused-ring (bicyclic) bond motifs is 2. The first-order valence-electron chi connectivity index (χ1n) is 13.7. The van der Waals surface area contributed by atoms with Crippen LogP contribution in [0.5, 0.6) is 23.0 Å². The number of phenols is 4. The molecule has 0 amide bonds. The van der Waals surface area contributed by atoms with E-state index in [1.54, 1.807) is 50.5 Å². The largest absolute Gasteiger partial charge is 0.507 e. The van der Waals surface area contributed by atoms with Crippen LogP contribution in [-0.4, -0.2) is 59.0 Å². The highest BCUT2D eigenvalue weighted by molar-refractivity contribution is 6.00. The molecular formula is C32H38N4O4. The number of nitrogens with one attached hydrogen (secondary N) is 2. The van der Waals surface area contributed by atoms with Crippen molar-refractivity contribution < 1.29 is 20.4 Å². The molecule has 0 atom stereocenters. The lowest BCUT2D eigenvalue weighted by Crippen LogP contribution is -2.20. The zero-order chi connectivity index (χ0) is 28.5. The maximum absolute atomic E-state index is 10.6. The second-order valence-electron chi connectivity index (χ2n) is 9.84. The van der Waals surface area contributed by atoms with E-state index < -0.39 is 0 Å². The highest BCUT2D eigenvalue weighted by Gasteiger charge is 2.15. The number of hydrogen-bond acceptors (Lipinski definition) is 8. The quantitative estimate of drug-likeness (QED) is 0.0670. The monoisotopic (exact) mass is 542 g/mol. The van der Waals surface area contributed by atoms with Gasteiger partial charge in [0.05, 0.1) is 0 Å². The van der Waals surface area contributed by atoms with Gasteiger partial charge >= 0.3 is 0 Å². The molecule has 0 aromatic heterocycles. The Kier molecular flexibility index (Phi) is 9.94. The molecule has 8 heteroatoms. The molecule has 8 nitrogen and oxygen atoms in total. The SMILES string of the molecule is Cc1c(N=CCCNCCCCNCCC=Nc2c(C)c(O)c3ccccc3c2O)c(O)c2ccccc2c1O. The van der Waals surface area contributed by atoms with Crippen molar-refractivity contribution in [3.05, 3.63) is 59.7 Å². The lowest BCUT2D eigenvalue weighted by molar-refractivity contribution is 0.467. The lowest BCUT2D eigenvalue weighted by atomic mass is 10.0. The Labute approximate surface area is 234 Å². The molecule has 0 fully saturated rings. The Bertz CT molecular complexity index is 1420. The summed E-state index contributed by atoms with van der Waals surface area (Å²) >= 11 is 0. The van der Waals surface area contributed by atoms with Crippen LogP contribution in [0.25, 0.3) is 21.5 Å². The first-order valence-corrected chi connectivity index (χ1v) is 13.7. The molecule has 0 unspecified atom stereocenters. The predicted octanol–water partition coefficient (Wildman–Crippen LogP) is 6.28. The van der Waals surface area contributed by atoms with Crippen molar-refractivity contribution in [2.24, 2.45) is 9.98 Å². The third-order valence-corrected chi connectivity index (χ3v) is 7.04. The van der Waals surface area contributed by atoms with Crippen molar-refractivity contribution in [1.29, 1.82) is 0 Å². The van der Waals surface area contributed by atoms with Crippen molar-refractivity contribution in [3.63, 3.8) is 0 Å². The third-order valence-electron chi connectivity index (χ3n) is 7.04. The molecule has 6 N–H and O–H groups in total. The van der Waals surface area contributed by atoms with Gasteiger partial charge in [-0.05, 0) is 52.6 Å². The number of phenolic OH excluding ortho intramolecular Hbond substituents is 4. The molecule has 0 aliphatic rings. The molecule has 4 aromatic carbocycles. The summed E-state index contributed by atoms with van der Waals surface area (Å²) in [6.45, 7) is 6.89. The molecule has 0 saturated carbocycles. The summed E-state index contributed by atoms with van der Waals surface area (Å²) in [5.41, 5.74) is 1.96. The summed E-state index contributed by atoms with van der Waals surface area (Å²) in [5, 5.41) is 51.3. The van der Waals surface area contributed by atoms with Gasteiger partial charge in [0, 0.05) is 58.2 Å². The average molecular weight is 543 g/mol. The summed E-state index contributed by atoms with van der Waals surface area (Å²) in [6.07, 6.45) is 7.06. The van der Waals surface area contributed by atoms with Crippen LogP contribution in [0, 0.1) is 13.8 Å². The van der Waals surface area contributed by atoms with Gasteiger partial charge in [0.15, 0.2) is 0 Å². The maximum atomic E-state index is 10.6. The second kappa shape index (κ2) is 13.8. The number of benzene rings is 4. The van der Waals surface area contributed by atoms with Crippen LogP contribution in [0.4, 0.5) is 11.4 Å². The van der Waals surface area contributed by atoms with Gasteiger partial charge in [-0.3, -0.25) is 9.98 Å². The van der Waals surface area contributed by atoms with Crippen LogP contribution in [0.2, 0.25) is 0 Å². The van der Waals surface area contributed by atoms with Crippen LogP contribution < -0.4 is 10.6 Å². The Balaban J connectivity index is 1.10. The third kappa shape index (κ3) is 6.52. The van der Waals surface area contributed by atoms with Gasteiger partial charge in [-0.1, -0.05) is 48.5 Å². The van der Waals surface area contributed by atoms with Gasteiger partial charge in [-0.25, -0.2) is 0 Å². The van der Waals surface area contributed by atoms with Crippen LogP contribution >= 0.6 is 0 Å². The Morgan fingerprint density at radius 2 is 0.900 bits per heavy atom. The molecule has 210 valence electrons. The smallest absolute Gasteiger partial charge is 0.149 e. The summed E-state index contributed by atoms with van der Waals surface area (Å²) in [4.78, 5) is 8.85. The Morgan fingerprint density at radius 3 is 1.27 bits per heavy atom. The van der Waals surface area contributed by atoms with E-state index in [9.17, 15) is 20.4 Å². The van der Waals surface area contributed by atoms with Crippen molar-refractivity contribution in [3.8, 4) is 23.0 Å². The van der Waals surface area contributed by atoms with Crippen molar-refractivity contribution in [2.75, 3.05) is 26.2 Å². The van der Waals surface area contributed by atoms with Crippen LogP contribution in [0.3, 0.4) is 0 Å². The van der Waals surface area contributed by atoms with Crippen LogP contribution in [-0.2, 0) is 0 Å². The molecule has 0 saturated heterocycles. The molecule has 0 spiro atoms. The van der Waals surface area contributed by atoms with Crippen LogP contribution in [0.15, 0.2) is 58.5 Å². The van der Waals surface area contributed by atoms with Crippen molar-refractivity contribution >= 4 is 45.3 Å². The first-order chi connectivity index (χ1) is 19.4. The first kappa shape index (κ1) is 28.9. The highest BCUT2D eigenvalue weighted by Crippen LogP contribution is 2.45. The second-order valence-corrected chi connectivity index (χ2v) is 9.84. The lowest BCUT2D eigenvalue weighted by Gasteiger charge is -2.11. The minimum atomic E-state index is 0.0927. The van der Waals surface area contributed by atoms with E-state index in [1.807, 2.05) is 24.3 Å². The molecule has 0 bridgehead atoms. The maximum Gasteiger partial charge on any atom is 0.149 e. The number of hydrogen-bond donors (Lipinski definition) is 6. The number of aromatic hydroxyl groups is 4. The topological polar surface area (TPSA) is 130 Å². The normalized spacial score (nSPS) is 11.9. The summed E-state index contributed by atoms with van der Waals surface area (Å²) in [7, 11) is 0. The number of nitrogens with zero attached hydrogens (tertiary/aromatic N) is 2. The van der Waals surface area contributed by atoms with E-state index in [2.05, 4.69) is 20.6 Å². The molecule has 4 aromatic rings. The van der Waals surface area contributed by atoms with Gasteiger partial charge in [-0.2, -0.15) is 0 Å². The average Bonchev–Trinajstić information content (AvgIpc) is 2.98. The Morgan fingerprint density at radius 1 is 0.550 bits per heavy atom. The van der Waals surface area contributed by atoms with Gasteiger partial charge in [0.1, 0.15) is 34.4 Å². The zero-order valence-corrected chi connectivity index (χ0v) is 23.1. The van der Waals surface area contributed by atoms with E-state index in [0.717, 1.165) is 39.0 Å². The van der Waals surface area contributed by atoms with Crippen LogP contribution in [0.1, 0.15) is 36.8 Å². The van der Waals surface area contributed by atoms with E-state index in [-0.39, 0.29) is 23.0 Å². The van der Waals surface area contributed by atoms with E-state index in [0.29, 0.717) is 56.9 Å².